The van der Waals surface area contributed by atoms with Gasteiger partial charge in [0.05, 0.1) is 25.4 Å². The molecule has 1 aromatic rings. The number of methoxy groups -OCH3 is 1. The lowest BCUT2D eigenvalue weighted by Gasteiger charge is -2.37. The first-order chi connectivity index (χ1) is 10.5. The third-order valence-electron chi connectivity index (χ3n) is 5.01. The van der Waals surface area contributed by atoms with Gasteiger partial charge in [0, 0.05) is 12.0 Å². The topological polar surface area (TPSA) is 51.2 Å². The van der Waals surface area contributed by atoms with Gasteiger partial charge in [-0.15, -0.1) is 0 Å². The summed E-state index contributed by atoms with van der Waals surface area (Å²) >= 11 is 0. The molecule has 1 heterocycles. The Kier molecular flexibility index (Phi) is 4.86. The Labute approximate surface area is 140 Å². The molecule has 0 saturated carbocycles. The summed E-state index contributed by atoms with van der Waals surface area (Å²) in [6, 6.07) is 5.67. The number of benzene rings is 1. The average Bonchev–Trinajstić information content (AvgIpc) is 3.14. The summed E-state index contributed by atoms with van der Waals surface area (Å²) in [5, 5.41) is 10.8. The van der Waals surface area contributed by atoms with Gasteiger partial charge in [0.15, 0.2) is 0 Å². The molecule has 1 saturated heterocycles. The smallest absolute Gasteiger partial charge is 0.250 e. The molecule has 1 aromatic carbocycles. The van der Waals surface area contributed by atoms with Crippen LogP contribution in [-0.2, 0) is 4.74 Å². The summed E-state index contributed by atoms with van der Waals surface area (Å²) in [7, 11) is -0.347. The number of aliphatic hydroxyl groups is 1. The van der Waals surface area contributed by atoms with Crippen molar-refractivity contribution < 1.29 is 19.0 Å². The molecule has 130 valence electrons. The molecule has 0 aromatic heterocycles. The van der Waals surface area contributed by atoms with Crippen LogP contribution in [0.25, 0.3) is 0 Å². The van der Waals surface area contributed by atoms with E-state index in [9.17, 15) is 5.11 Å². The SMILES string of the molecule is COc1ccc(O[Si](C)(C)C(C)(C)C)c([C@@H](O)C[C@]2(C)CO2)c1. The molecule has 1 aliphatic rings. The highest BCUT2D eigenvalue weighted by Gasteiger charge is 2.43. The Morgan fingerprint density at radius 1 is 1.35 bits per heavy atom. The van der Waals surface area contributed by atoms with Crippen LogP contribution in [0.3, 0.4) is 0 Å². The van der Waals surface area contributed by atoms with Crippen molar-refractivity contribution >= 4 is 8.32 Å². The fraction of sp³-hybridized carbons (Fsp3) is 0.667. The van der Waals surface area contributed by atoms with E-state index in [0.29, 0.717) is 13.0 Å². The van der Waals surface area contributed by atoms with Crippen LogP contribution in [0.5, 0.6) is 11.5 Å². The van der Waals surface area contributed by atoms with Crippen molar-refractivity contribution in [2.45, 2.75) is 64.0 Å². The molecule has 1 N–H and O–H groups in total. The molecule has 0 radical (unpaired) electrons. The zero-order valence-electron chi connectivity index (χ0n) is 15.4. The van der Waals surface area contributed by atoms with Crippen LogP contribution in [0.2, 0.25) is 18.1 Å². The molecule has 2 rings (SSSR count). The zero-order valence-corrected chi connectivity index (χ0v) is 16.4. The Balaban J connectivity index is 2.31. The van der Waals surface area contributed by atoms with Crippen LogP contribution < -0.4 is 9.16 Å². The standard InChI is InChI=1S/C18H30O4Si/c1-17(2,3)23(6,7)22-16-9-8-13(20-5)10-14(16)15(19)11-18(4)12-21-18/h8-10,15,19H,11-12H2,1-7H3/t15-,18+/m0/s1. The predicted molar refractivity (Wildman–Crippen MR) is 94.8 cm³/mol. The van der Waals surface area contributed by atoms with Crippen LogP contribution in [-0.4, -0.2) is 32.7 Å². The number of hydrogen-bond donors (Lipinski definition) is 1. The third kappa shape index (κ3) is 4.28. The van der Waals surface area contributed by atoms with Gasteiger partial charge in [-0.05, 0) is 43.3 Å². The zero-order chi connectivity index (χ0) is 17.5. The molecule has 1 aliphatic heterocycles. The number of epoxide rings is 1. The lowest BCUT2D eigenvalue weighted by Crippen LogP contribution is -2.44. The molecular weight excluding hydrogens is 308 g/mol. The summed E-state index contributed by atoms with van der Waals surface area (Å²) in [6.07, 6.45) is -0.0639. The van der Waals surface area contributed by atoms with E-state index in [4.69, 9.17) is 13.9 Å². The molecule has 0 bridgehead atoms. The van der Waals surface area contributed by atoms with Crippen molar-refractivity contribution in [1.29, 1.82) is 0 Å². The fourth-order valence-electron chi connectivity index (χ4n) is 2.19. The summed E-state index contributed by atoms with van der Waals surface area (Å²) in [6.45, 7) is 13.8. The fourth-order valence-corrected chi connectivity index (χ4v) is 3.24. The molecule has 0 amide bonds. The molecule has 4 nitrogen and oxygen atoms in total. The van der Waals surface area contributed by atoms with E-state index in [1.807, 2.05) is 25.1 Å². The highest BCUT2D eigenvalue weighted by atomic mass is 28.4. The second-order valence-electron chi connectivity index (χ2n) is 8.22. The molecule has 0 aliphatic carbocycles. The van der Waals surface area contributed by atoms with Gasteiger partial charge in [0.1, 0.15) is 11.5 Å². The molecular formula is C18H30O4Si. The van der Waals surface area contributed by atoms with Crippen LogP contribution in [0.15, 0.2) is 18.2 Å². The van der Waals surface area contributed by atoms with E-state index < -0.39 is 14.4 Å². The van der Waals surface area contributed by atoms with Crippen molar-refractivity contribution in [3.8, 4) is 11.5 Å². The molecule has 23 heavy (non-hydrogen) atoms. The minimum Gasteiger partial charge on any atom is -0.543 e. The van der Waals surface area contributed by atoms with Crippen LogP contribution >= 0.6 is 0 Å². The van der Waals surface area contributed by atoms with E-state index in [-0.39, 0.29) is 10.6 Å². The highest BCUT2D eigenvalue weighted by molar-refractivity contribution is 6.74. The van der Waals surface area contributed by atoms with E-state index in [2.05, 4.69) is 33.9 Å². The van der Waals surface area contributed by atoms with E-state index >= 15 is 0 Å². The maximum absolute atomic E-state index is 10.7. The third-order valence-corrected chi connectivity index (χ3v) is 9.35. The second-order valence-corrected chi connectivity index (χ2v) is 12.9. The van der Waals surface area contributed by atoms with Gasteiger partial charge in [-0.25, -0.2) is 0 Å². The van der Waals surface area contributed by atoms with Gasteiger partial charge in [-0.3, -0.25) is 0 Å². The maximum atomic E-state index is 10.7. The summed E-state index contributed by atoms with van der Waals surface area (Å²) in [5.74, 6) is 1.48. The van der Waals surface area contributed by atoms with Crippen LogP contribution in [0.1, 0.15) is 45.8 Å². The molecule has 1 fully saturated rings. The predicted octanol–water partition coefficient (Wildman–Crippen LogP) is 4.29. The Bertz CT molecular complexity index is 559. The van der Waals surface area contributed by atoms with Gasteiger partial charge in [0.2, 0.25) is 8.32 Å². The number of ether oxygens (including phenoxy) is 2. The molecule has 5 heteroatoms. The number of aliphatic hydroxyl groups excluding tert-OH is 1. The first-order valence-electron chi connectivity index (χ1n) is 8.16. The summed E-state index contributed by atoms with van der Waals surface area (Å²) < 4.78 is 17.2. The average molecular weight is 339 g/mol. The van der Waals surface area contributed by atoms with Crippen molar-refractivity contribution in [2.24, 2.45) is 0 Å². The first kappa shape index (κ1) is 18.3. The second kappa shape index (κ2) is 6.11. The lowest BCUT2D eigenvalue weighted by molar-refractivity contribution is 0.128. The van der Waals surface area contributed by atoms with Crippen LogP contribution in [0.4, 0.5) is 0 Å². The number of hydrogen-bond acceptors (Lipinski definition) is 4. The Hall–Kier alpha value is -1.04. The first-order valence-corrected chi connectivity index (χ1v) is 11.1. The van der Waals surface area contributed by atoms with Crippen molar-refractivity contribution in [3.63, 3.8) is 0 Å². The van der Waals surface area contributed by atoms with Crippen molar-refractivity contribution in [2.75, 3.05) is 13.7 Å². The minimum atomic E-state index is -1.98. The Morgan fingerprint density at radius 3 is 2.43 bits per heavy atom. The normalized spacial score (nSPS) is 22.6. The quantitative estimate of drug-likeness (QED) is 0.621. The van der Waals surface area contributed by atoms with Gasteiger partial charge >= 0.3 is 0 Å². The van der Waals surface area contributed by atoms with E-state index in [0.717, 1.165) is 17.1 Å². The number of rotatable bonds is 6. The summed E-state index contributed by atoms with van der Waals surface area (Å²) in [4.78, 5) is 0. The highest BCUT2D eigenvalue weighted by Crippen LogP contribution is 2.43. The Morgan fingerprint density at radius 2 is 1.96 bits per heavy atom. The van der Waals surface area contributed by atoms with Gasteiger partial charge in [-0.1, -0.05) is 20.8 Å². The van der Waals surface area contributed by atoms with Crippen LogP contribution in [0, 0.1) is 0 Å². The largest absolute Gasteiger partial charge is 0.543 e. The van der Waals surface area contributed by atoms with E-state index in [1.165, 1.54) is 0 Å². The van der Waals surface area contributed by atoms with Gasteiger partial charge in [0.25, 0.3) is 0 Å². The van der Waals surface area contributed by atoms with Gasteiger partial charge < -0.3 is 19.0 Å². The molecule has 0 unspecified atom stereocenters. The minimum absolute atomic E-state index is 0.0979. The van der Waals surface area contributed by atoms with E-state index in [1.54, 1.807) is 7.11 Å². The monoisotopic (exact) mass is 338 g/mol. The molecule has 2 atom stereocenters. The molecule has 0 spiro atoms. The van der Waals surface area contributed by atoms with Gasteiger partial charge in [-0.2, -0.15) is 0 Å². The van der Waals surface area contributed by atoms with Crippen molar-refractivity contribution in [1.82, 2.24) is 0 Å². The summed E-state index contributed by atoms with van der Waals surface area (Å²) in [5.41, 5.74) is 0.572. The maximum Gasteiger partial charge on any atom is 0.250 e. The lowest BCUT2D eigenvalue weighted by atomic mass is 9.98. The van der Waals surface area contributed by atoms with Crippen molar-refractivity contribution in [3.05, 3.63) is 23.8 Å².